The maximum atomic E-state index is 5.89. The molecule has 2 aromatic carbocycles. The Kier molecular flexibility index (Phi) is 5.13. The number of para-hydroxylation sites is 1. The van der Waals surface area contributed by atoms with Crippen molar-refractivity contribution in [1.82, 2.24) is 9.47 Å². The first-order chi connectivity index (χ1) is 14.8. The fourth-order valence-corrected chi connectivity index (χ4v) is 4.90. The zero-order chi connectivity index (χ0) is 20.4. The second kappa shape index (κ2) is 8.07. The van der Waals surface area contributed by atoms with Gasteiger partial charge in [-0.1, -0.05) is 18.2 Å². The van der Waals surface area contributed by atoms with E-state index in [4.69, 9.17) is 9.47 Å². The highest BCUT2D eigenvalue weighted by molar-refractivity contribution is 5.69. The number of aromatic nitrogens is 1. The lowest BCUT2D eigenvalue weighted by Crippen LogP contribution is -2.53. The molecule has 5 nitrogen and oxygen atoms in total. The molecule has 1 atom stereocenters. The Bertz CT molecular complexity index is 1000. The van der Waals surface area contributed by atoms with Gasteiger partial charge >= 0.3 is 0 Å². The van der Waals surface area contributed by atoms with Crippen LogP contribution in [0.1, 0.15) is 25.0 Å². The molecule has 156 valence electrons. The highest BCUT2D eigenvalue weighted by atomic mass is 16.5. The van der Waals surface area contributed by atoms with Crippen molar-refractivity contribution >= 4 is 5.69 Å². The zero-order valence-corrected chi connectivity index (χ0v) is 17.5. The first-order valence-electron chi connectivity index (χ1n) is 10.8. The lowest BCUT2D eigenvalue weighted by molar-refractivity contribution is 0.146. The normalized spacial score (nSPS) is 20.3. The summed E-state index contributed by atoms with van der Waals surface area (Å²) in [5.41, 5.74) is 3.62. The van der Waals surface area contributed by atoms with Gasteiger partial charge in [-0.25, -0.2) is 0 Å². The number of nitrogens with zero attached hydrogens (tertiary/aromatic N) is 2. The SMILES string of the molecule is COc1ccc2c(c1)NC1(CCCN(CCCOc3ccccc3)C1)c1cccn1-2. The van der Waals surface area contributed by atoms with Gasteiger partial charge in [-0.2, -0.15) is 0 Å². The molecule has 1 N–H and O–H groups in total. The minimum Gasteiger partial charge on any atom is -0.497 e. The van der Waals surface area contributed by atoms with Crippen molar-refractivity contribution in [3.8, 4) is 17.2 Å². The average Bonchev–Trinajstić information content (AvgIpc) is 3.29. The summed E-state index contributed by atoms with van der Waals surface area (Å²) in [4.78, 5) is 2.58. The first-order valence-corrected chi connectivity index (χ1v) is 10.8. The van der Waals surface area contributed by atoms with Crippen molar-refractivity contribution in [1.29, 1.82) is 0 Å². The molecule has 1 spiro atoms. The predicted octanol–water partition coefficient (Wildman–Crippen LogP) is 4.67. The molecule has 3 heterocycles. The van der Waals surface area contributed by atoms with E-state index in [1.807, 2.05) is 36.4 Å². The highest BCUT2D eigenvalue weighted by Crippen LogP contribution is 2.43. The largest absolute Gasteiger partial charge is 0.497 e. The van der Waals surface area contributed by atoms with Gasteiger partial charge in [-0.15, -0.1) is 0 Å². The van der Waals surface area contributed by atoms with E-state index in [9.17, 15) is 0 Å². The molecular formula is C25H29N3O2. The van der Waals surface area contributed by atoms with E-state index in [2.05, 4.69) is 45.2 Å². The van der Waals surface area contributed by atoms with Gasteiger partial charge in [0.25, 0.3) is 0 Å². The molecule has 0 aliphatic carbocycles. The van der Waals surface area contributed by atoms with Crippen LogP contribution in [0.15, 0.2) is 66.9 Å². The van der Waals surface area contributed by atoms with Crippen LogP contribution in [0.4, 0.5) is 5.69 Å². The number of likely N-dealkylation sites (tertiary alicyclic amines) is 1. The molecule has 5 rings (SSSR count). The average molecular weight is 404 g/mol. The van der Waals surface area contributed by atoms with Crippen LogP contribution in [0.2, 0.25) is 0 Å². The number of hydrogen-bond acceptors (Lipinski definition) is 4. The van der Waals surface area contributed by atoms with E-state index in [-0.39, 0.29) is 5.54 Å². The third-order valence-electron chi connectivity index (χ3n) is 6.28. The molecule has 0 saturated carbocycles. The summed E-state index contributed by atoms with van der Waals surface area (Å²) in [6.45, 7) is 3.93. The van der Waals surface area contributed by atoms with Gasteiger partial charge in [-0.05, 0) is 62.2 Å². The number of rotatable bonds is 6. The van der Waals surface area contributed by atoms with Crippen LogP contribution < -0.4 is 14.8 Å². The van der Waals surface area contributed by atoms with Crippen LogP contribution in [0, 0.1) is 0 Å². The fourth-order valence-electron chi connectivity index (χ4n) is 4.90. The van der Waals surface area contributed by atoms with Crippen LogP contribution in [-0.2, 0) is 5.54 Å². The molecule has 0 amide bonds. The van der Waals surface area contributed by atoms with Gasteiger partial charge in [0.1, 0.15) is 11.5 Å². The number of methoxy groups -OCH3 is 1. The third kappa shape index (κ3) is 3.54. The van der Waals surface area contributed by atoms with E-state index < -0.39 is 0 Å². The lowest BCUT2D eigenvalue weighted by Gasteiger charge is -2.47. The van der Waals surface area contributed by atoms with Gasteiger partial charge in [-0.3, -0.25) is 0 Å². The molecule has 1 fully saturated rings. The van der Waals surface area contributed by atoms with Gasteiger partial charge in [0.05, 0.1) is 30.6 Å². The monoisotopic (exact) mass is 403 g/mol. The molecule has 2 aliphatic heterocycles. The summed E-state index contributed by atoms with van der Waals surface area (Å²) < 4.78 is 13.7. The van der Waals surface area contributed by atoms with Gasteiger partial charge in [0.2, 0.25) is 0 Å². The Morgan fingerprint density at radius 1 is 1.03 bits per heavy atom. The lowest BCUT2D eigenvalue weighted by atomic mass is 9.83. The molecule has 0 radical (unpaired) electrons. The van der Waals surface area contributed by atoms with Gasteiger partial charge in [0, 0.05) is 31.0 Å². The number of ether oxygens (including phenoxy) is 2. The minimum atomic E-state index is -0.0681. The maximum Gasteiger partial charge on any atom is 0.121 e. The van der Waals surface area contributed by atoms with E-state index in [1.54, 1.807) is 7.11 Å². The molecule has 1 saturated heterocycles. The maximum absolute atomic E-state index is 5.89. The van der Waals surface area contributed by atoms with Crippen molar-refractivity contribution in [2.45, 2.75) is 24.8 Å². The smallest absolute Gasteiger partial charge is 0.121 e. The van der Waals surface area contributed by atoms with Crippen molar-refractivity contribution < 1.29 is 9.47 Å². The van der Waals surface area contributed by atoms with E-state index in [0.29, 0.717) is 0 Å². The molecule has 30 heavy (non-hydrogen) atoms. The van der Waals surface area contributed by atoms with Crippen molar-refractivity contribution in [3.05, 3.63) is 72.6 Å². The van der Waals surface area contributed by atoms with Crippen LogP contribution in [0.25, 0.3) is 5.69 Å². The number of fused-ring (bicyclic) bond motifs is 4. The Hall–Kier alpha value is -2.92. The number of piperidine rings is 1. The summed E-state index contributed by atoms with van der Waals surface area (Å²) in [5, 5.41) is 3.90. The molecule has 3 aromatic rings. The Labute approximate surface area is 178 Å². The molecule has 2 aliphatic rings. The van der Waals surface area contributed by atoms with Crippen molar-refractivity contribution in [2.75, 3.05) is 38.7 Å². The standard InChI is InChI=1S/C25H29N3O2/c1-29-21-11-12-23-22(18-21)26-25(24-10-5-16-28(23)24)13-6-14-27(19-25)15-7-17-30-20-8-3-2-4-9-20/h2-5,8-12,16,18,26H,6-7,13-15,17,19H2,1H3. The molecule has 5 heteroatoms. The van der Waals surface area contributed by atoms with Crippen LogP contribution >= 0.6 is 0 Å². The van der Waals surface area contributed by atoms with Crippen molar-refractivity contribution in [3.63, 3.8) is 0 Å². The first kappa shape index (κ1) is 19.1. The topological polar surface area (TPSA) is 38.7 Å². The fraction of sp³-hybridized carbons (Fsp3) is 0.360. The van der Waals surface area contributed by atoms with E-state index in [0.717, 1.165) is 56.3 Å². The Morgan fingerprint density at radius 2 is 1.93 bits per heavy atom. The van der Waals surface area contributed by atoms with Crippen LogP contribution in [-0.4, -0.2) is 42.8 Å². The summed E-state index contributed by atoms with van der Waals surface area (Å²) in [6.07, 6.45) is 5.51. The second-order valence-corrected chi connectivity index (χ2v) is 8.25. The van der Waals surface area contributed by atoms with Gasteiger partial charge in [0.15, 0.2) is 0 Å². The highest BCUT2D eigenvalue weighted by Gasteiger charge is 2.42. The predicted molar refractivity (Wildman–Crippen MR) is 120 cm³/mol. The summed E-state index contributed by atoms with van der Waals surface area (Å²) in [7, 11) is 1.72. The molecular weight excluding hydrogens is 374 g/mol. The van der Waals surface area contributed by atoms with E-state index in [1.165, 1.54) is 17.8 Å². The number of anilines is 1. The number of benzene rings is 2. The van der Waals surface area contributed by atoms with Gasteiger partial charge < -0.3 is 24.3 Å². The van der Waals surface area contributed by atoms with E-state index >= 15 is 0 Å². The Morgan fingerprint density at radius 3 is 2.80 bits per heavy atom. The molecule has 1 aromatic heterocycles. The zero-order valence-electron chi connectivity index (χ0n) is 17.5. The number of nitrogens with one attached hydrogen (secondary N) is 1. The van der Waals surface area contributed by atoms with Crippen molar-refractivity contribution in [2.24, 2.45) is 0 Å². The summed E-state index contributed by atoms with van der Waals surface area (Å²) in [6, 6.07) is 20.8. The quantitative estimate of drug-likeness (QED) is 0.607. The number of hydrogen-bond donors (Lipinski definition) is 1. The molecule has 0 bridgehead atoms. The second-order valence-electron chi connectivity index (χ2n) is 8.25. The third-order valence-corrected chi connectivity index (χ3v) is 6.28. The summed E-state index contributed by atoms with van der Waals surface area (Å²) >= 11 is 0. The Balaban J connectivity index is 1.29. The minimum absolute atomic E-state index is 0.0681. The summed E-state index contributed by atoms with van der Waals surface area (Å²) in [5.74, 6) is 1.84. The molecule has 1 unspecified atom stereocenters. The van der Waals surface area contributed by atoms with Crippen LogP contribution in [0.5, 0.6) is 11.5 Å². The van der Waals surface area contributed by atoms with Crippen LogP contribution in [0.3, 0.4) is 0 Å².